The number of carboxylic acid groups (broad SMARTS) is 1. The van der Waals surface area contributed by atoms with Crippen LogP contribution in [-0.4, -0.2) is 42.0 Å². The van der Waals surface area contributed by atoms with Crippen LogP contribution >= 0.6 is 0 Å². The third-order valence-electron chi connectivity index (χ3n) is 3.57. The fourth-order valence-electron chi connectivity index (χ4n) is 2.30. The van der Waals surface area contributed by atoms with E-state index in [2.05, 4.69) is 4.72 Å². The highest BCUT2D eigenvalue weighted by Gasteiger charge is 2.31. The molecule has 0 radical (unpaired) electrons. The first-order chi connectivity index (χ1) is 9.94. The van der Waals surface area contributed by atoms with E-state index in [-0.39, 0.29) is 19.7 Å². The topological polar surface area (TPSA) is 107 Å². The summed E-state index contributed by atoms with van der Waals surface area (Å²) in [5, 5.41) is 18.1. The molecule has 0 spiro atoms. The van der Waals surface area contributed by atoms with Crippen molar-refractivity contribution >= 4 is 21.9 Å². The van der Waals surface area contributed by atoms with Gasteiger partial charge in [0.1, 0.15) is 0 Å². The van der Waals surface area contributed by atoms with Crippen LogP contribution in [0.4, 0.5) is 5.69 Å². The number of aliphatic carboxylic acids is 1. The Morgan fingerprint density at radius 3 is 2.48 bits per heavy atom. The van der Waals surface area contributed by atoms with Crippen molar-refractivity contribution in [3.05, 3.63) is 29.8 Å². The zero-order valence-electron chi connectivity index (χ0n) is 11.4. The van der Waals surface area contributed by atoms with Crippen LogP contribution in [0.3, 0.4) is 0 Å². The Kier molecular flexibility index (Phi) is 4.81. The van der Waals surface area contributed by atoms with Gasteiger partial charge in [0, 0.05) is 18.7 Å². The van der Waals surface area contributed by atoms with Crippen LogP contribution in [-0.2, 0) is 21.6 Å². The molecular weight excluding hydrogens is 296 g/mol. The number of benzene rings is 1. The summed E-state index contributed by atoms with van der Waals surface area (Å²) < 4.78 is 28.2. The normalized spacial score (nSPS) is 17.6. The van der Waals surface area contributed by atoms with Crippen molar-refractivity contribution in [2.24, 2.45) is 5.92 Å². The molecule has 21 heavy (non-hydrogen) atoms. The molecule has 116 valence electrons. The first kappa shape index (κ1) is 15.7. The molecule has 0 aromatic heterocycles. The number of carbonyl (C=O) groups is 1. The van der Waals surface area contributed by atoms with Gasteiger partial charge in [0.2, 0.25) is 0 Å². The van der Waals surface area contributed by atoms with Crippen molar-refractivity contribution in [1.82, 2.24) is 4.31 Å². The van der Waals surface area contributed by atoms with Gasteiger partial charge in [0.25, 0.3) is 0 Å². The smallest absolute Gasteiger partial charge is 0.306 e. The number of hydrogen-bond acceptors (Lipinski definition) is 4. The summed E-state index contributed by atoms with van der Waals surface area (Å²) in [5.41, 5.74) is 0.821. The average molecular weight is 314 g/mol. The monoisotopic (exact) mass is 314 g/mol. The molecule has 8 heteroatoms. The van der Waals surface area contributed by atoms with E-state index in [0.29, 0.717) is 24.1 Å². The minimum atomic E-state index is -3.74. The first-order valence-electron chi connectivity index (χ1n) is 6.63. The second kappa shape index (κ2) is 6.42. The number of aliphatic hydroxyl groups excluding tert-OH is 1. The molecule has 2 rings (SSSR count). The molecule has 0 unspecified atom stereocenters. The zero-order chi connectivity index (χ0) is 15.5. The predicted molar refractivity (Wildman–Crippen MR) is 76.8 cm³/mol. The van der Waals surface area contributed by atoms with Crippen molar-refractivity contribution in [3.8, 4) is 0 Å². The molecule has 0 bridgehead atoms. The Labute approximate surface area is 123 Å². The van der Waals surface area contributed by atoms with Crippen LogP contribution < -0.4 is 4.72 Å². The highest BCUT2D eigenvalue weighted by atomic mass is 32.2. The van der Waals surface area contributed by atoms with Gasteiger partial charge in [-0.3, -0.25) is 9.52 Å². The van der Waals surface area contributed by atoms with E-state index >= 15 is 0 Å². The van der Waals surface area contributed by atoms with Crippen LogP contribution in [0.1, 0.15) is 18.4 Å². The summed E-state index contributed by atoms with van der Waals surface area (Å²) in [6, 6.07) is 6.59. The molecule has 1 aromatic rings. The zero-order valence-corrected chi connectivity index (χ0v) is 12.2. The number of aliphatic hydroxyl groups is 1. The largest absolute Gasteiger partial charge is 0.481 e. The van der Waals surface area contributed by atoms with Crippen molar-refractivity contribution in [3.63, 3.8) is 0 Å². The molecule has 1 saturated heterocycles. The van der Waals surface area contributed by atoms with E-state index < -0.39 is 22.1 Å². The standard InChI is InChI=1S/C13H18N2O5S/c16-9-11-3-1-2-4-12(11)14-21(19,20)15-7-5-10(6-8-15)13(17)18/h1-4,10,14,16H,5-9H2,(H,17,18). The van der Waals surface area contributed by atoms with Crippen molar-refractivity contribution in [1.29, 1.82) is 0 Å². The summed E-state index contributed by atoms with van der Waals surface area (Å²) in [4.78, 5) is 10.9. The second-order valence-electron chi connectivity index (χ2n) is 4.93. The molecule has 0 amide bonds. The van der Waals surface area contributed by atoms with Gasteiger partial charge >= 0.3 is 16.2 Å². The molecule has 1 fully saturated rings. The van der Waals surface area contributed by atoms with Crippen molar-refractivity contribution < 1.29 is 23.4 Å². The van der Waals surface area contributed by atoms with Crippen LogP contribution in [0.25, 0.3) is 0 Å². The van der Waals surface area contributed by atoms with Gasteiger partial charge in [-0.1, -0.05) is 18.2 Å². The summed E-state index contributed by atoms with van der Waals surface area (Å²) >= 11 is 0. The maximum Gasteiger partial charge on any atom is 0.306 e. The Balaban J connectivity index is 2.08. The lowest BCUT2D eigenvalue weighted by Crippen LogP contribution is -2.43. The number of hydrogen-bond donors (Lipinski definition) is 3. The Morgan fingerprint density at radius 2 is 1.90 bits per heavy atom. The van der Waals surface area contributed by atoms with Crippen LogP contribution in [0.15, 0.2) is 24.3 Å². The Hall–Kier alpha value is -1.64. The third kappa shape index (κ3) is 3.72. The summed E-state index contributed by atoms with van der Waals surface area (Å²) in [6.07, 6.45) is 0.607. The fourth-order valence-corrected chi connectivity index (χ4v) is 3.60. The van der Waals surface area contributed by atoms with Gasteiger partial charge in [0.05, 0.1) is 18.2 Å². The maximum atomic E-state index is 12.3. The van der Waals surface area contributed by atoms with Gasteiger partial charge in [-0.05, 0) is 18.9 Å². The lowest BCUT2D eigenvalue weighted by molar-refractivity contribution is -0.142. The molecule has 1 heterocycles. The summed E-state index contributed by atoms with van der Waals surface area (Å²) in [5.74, 6) is -1.37. The number of rotatable bonds is 5. The number of carboxylic acids is 1. The lowest BCUT2D eigenvalue weighted by atomic mass is 9.99. The van der Waals surface area contributed by atoms with Gasteiger partial charge in [-0.2, -0.15) is 12.7 Å². The molecule has 0 saturated carbocycles. The minimum Gasteiger partial charge on any atom is -0.481 e. The molecule has 1 aliphatic heterocycles. The van der Waals surface area contributed by atoms with E-state index in [4.69, 9.17) is 5.11 Å². The van der Waals surface area contributed by atoms with E-state index in [1.54, 1.807) is 24.3 Å². The maximum absolute atomic E-state index is 12.3. The SMILES string of the molecule is O=C(O)C1CCN(S(=O)(=O)Nc2ccccc2CO)CC1. The molecular formula is C13H18N2O5S. The van der Waals surface area contributed by atoms with E-state index in [0.717, 1.165) is 0 Å². The first-order valence-corrected chi connectivity index (χ1v) is 8.07. The highest BCUT2D eigenvalue weighted by Crippen LogP contribution is 2.22. The molecule has 1 aliphatic rings. The molecule has 3 N–H and O–H groups in total. The summed E-state index contributed by atoms with van der Waals surface area (Å²) in [7, 11) is -3.74. The average Bonchev–Trinajstić information content (AvgIpc) is 2.47. The number of para-hydroxylation sites is 1. The van der Waals surface area contributed by atoms with Crippen molar-refractivity contribution in [2.45, 2.75) is 19.4 Å². The number of piperidine rings is 1. The second-order valence-corrected chi connectivity index (χ2v) is 6.60. The van der Waals surface area contributed by atoms with E-state index in [9.17, 15) is 18.3 Å². The van der Waals surface area contributed by atoms with Crippen LogP contribution in [0, 0.1) is 5.92 Å². The fraction of sp³-hybridized carbons (Fsp3) is 0.462. The minimum absolute atomic E-state index is 0.174. The Morgan fingerprint density at radius 1 is 1.29 bits per heavy atom. The summed E-state index contributed by atoms with van der Waals surface area (Å²) in [6.45, 7) is 0.0843. The van der Waals surface area contributed by atoms with Gasteiger partial charge in [0.15, 0.2) is 0 Å². The molecule has 7 nitrogen and oxygen atoms in total. The number of nitrogens with one attached hydrogen (secondary N) is 1. The molecule has 0 aliphatic carbocycles. The van der Waals surface area contributed by atoms with Gasteiger partial charge in [-0.25, -0.2) is 0 Å². The lowest BCUT2D eigenvalue weighted by Gasteiger charge is -2.29. The van der Waals surface area contributed by atoms with Gasteiger partial charge < -0.3 is 10.2 Å². The van der Waals surface area contributed by atoms with E-state index in [1.807, 2.05) is 0 Å². The third-order valence-corrected chi connectivity index (χ3v) is 5.09. The van der Waals surface area contributed by atoms with Crippen molar-refractivity contribution in [2.75, 3.05) is 17.8 Å². The van der Waals surface area contributed by atoms with Crippen LogP contribution in [0.2, 0.25) is 0 Å². The van der Waals surface area contributed by atoms with Crippen LogP contribution in [0.5, 0.6) is 0 Å². The molecule has 0 atom stereocenters. The molecule has 1 aromatic carbocycles. The predicted octanol–water partition coefficient (Wildman–Crippen LogP) is 0.632. The Bertz CT molecular complexity index is 609. The highest BCUT2D eigenvalue weighted by molar-refractivity contribution is 7.90. The number of nitrogens with zero attached hydrogens (tertiary/aromatic N) is 1. The van der Waals surface area contributed by atoms with Gasteiger partial charge in [-0.15, -0.1) is 0 Å². The van der Waals surface area contributed by atoms with E-state index in [1.165, 1.54) is 4.31 Å². The quantitative estimate of drug-likeness (QED) is 0.739. The number of anilines is 1.